The van der Waals surface area contributed by atoms with Crippen LogP contribution in [0.1, 0.15) is 38.2 Å². The van der Waals surface area contributed by atoms with Gasteiger partial charge < -0.3 is 15.2 Å². The molecule has 17 heavy (non-hydrogen) atoms. The Morgan fingerprint density at radius 1 is 1.18 bits per heavy atom. The molecule has 0 saturated carbocycles. The molecule has 1 aromatic rings. The maximum absolute atomic E-state index is 5.79. The Labute approximate surface area is 104 Å². The predicted molar refractivity (Wildman–Crippen MR) is 70.5 cm³/mol. The Morgan fingerprint density at radius 2 is 2.00 bits per heavy atom. The monoisotopic (exact) mass is 237 g/mol. The highest BCUT2D eigenvalue weighted by atomic mass is 16.5. The third-order valence-electron chi connectivity index (χ3n) is 2.74. The van der Waals surface area contributed by atoms with Crippen LogP contribution in [-0.4, -0.2) is 13.7 Å². The first-order valence-electron chi connectivity index (χ1n) is 6.32. The molecular weight excluding hydrogens is 214 g/mol. The van der Waals surface area contributed by atoms with Crippen molar-refractivity contribution in [3.8, 4) is 11.5 Å². The fraction of sp³-hybridized carbons (Fsp3) is 0.571. The van der Waals surface area contributed by atoms with Crippen LogP contribution in [0.5, 0.6) is 11.5 Å². The van der Waals surface area contributed by atoms with Crippen LogP contribution in [-0.2, 0) is 6.54 Å². The summed E-state index contributed by atoms with van der Waals surface area (Å²) >= 11 is 0. The molecule has 96 valence electrons. The zero-order chi connectivity index (χ0) is 12.5. The van der Waals surface area contributed by atoms with Crippen molar-refractivity contribution in [3.63, 3.8) is 0 Å². The summed E-state index contributed by atoms with van der Waals surface area (Å²) in [6.07, 6.45) is 4.79. The van der Waals surface area contributed by atoms with Crippen LogP contribution in [0, 0.1) is 0 Å². The van der Waals surface area contributed by atoms with Crippen LogP contribution >= 0.6 is 0 Å². The maximum Gasteiger partial charge on any atom is 0.165 e. The molecule has 0 fully saturated rings. The van der Waals surface area contributed by atoms with Crippen molar-refractivity contribution in [2.75, 3.05) is 13.7 Å². The van der Waals surface area contributed by atoms with Crippen LogP contribution in [0.2, 0.25) is 0 Å². The average Bonchev–Trinajstić information content (AvgIpc) is 2.38. The molecule has 0 aromatic heterocycles. The van der Waals surface area contributed by atoms with Crippen molar-refractivity contribution in [3.05, 3.63) is 23.8 Å². The first kappa shape index (κ1) is 13.8. The summed E-state index contributed by atoms with van der Waals surface area (Å²) in [5, 5.41) is 0. The summed E-state index contributed by atoms with van der Waals surface area (Å²) in [7, 11) is 1.65. The van der Waals surface area contributed by atoms with E-state index in [9.17, 15) is 0 Å². The molecule has 2 N–H and O–H groups in total. The first-order chi connectivity index (χ1) is 8.33. The van der Waals surface area contributed by atoms with Gasteiger partial charge in [0.15, 0.2) is 11.5 Å². The lowest BCUT2D eigenvalue weighted by Gasteiger charge is -2.14. The van der Waals surface area contributed by atoms with Gasteiger partial charge >= 0.3 is 0 Å². The van der Waals surface area contributed by atoms with Crippen LogP contribution in [0.4, 0.5) is 0 Å². The Bertz CT molecular complexity index is 304. The smallest absolute Gasteiger partial charge is 0.165 e. The van der Waals surface area contributed by atoms with Gasteiger partial charge in [-0.15, -0.1) is 0 Å². The fourth-order valence-corrected chi connectivity index (χ4v) is 1.75. The molecule has 0 aliphatic carbocycles. The average molecular weight is 237 g/mol. The molecule has 0 amide bonds. The quantitative estimate of drug-likeness (QED) is 0.706. The van der Waals surface area contributed by atoms with Crippen molar-refractivity contribution < 1.29 is 9.47 Å². The van der Waals surface area contributed by atoms with Crippen molar-refractivity contribution in [2.45, 2.75) is 39.2 Å². The lowest BCUT2D eigenvalue weighted by Crippen LogP contribution is -2.05. The Kier molecular flexibility index (Phi) is 6.48. The van der Waals surface area contributed by atoms with Crippen LogP contribution in [0.3, 0.4) is 0 Å². The number of methoxy groups -OCH3 is 1. The van der Waals surface area contributed by atoms with E-state index in [0.29, 0.717) is 6.54 Å². The molecule has 0 radical (unpaired) electrons. The van der Waals surface area contributed by atoms with Crippen LogP contribution in [0.25, 0.3) is 0 Å². The highest BCUT2D eigenvalue weighted by molar-refractivity contribution is 5.46. The molecule has 3 nitrogen and oxygen atoms in total. The van der Waals surface area contributed by atoms with Crippen molar-refractivity contribution in [2.24, 2.45) is 5.73 Å². The minimum absolute atomic E-state index is 0.474. The molecule has 3 heteroatoms. The number of unbranched alkanes of at least 4 members (excludes halogenated alkanes) is 3. The highest BCUT2D eigenvalue weighted by Crippen LogP contribution is 2.30. The van der Waals surface area contributed by atoms with Crippen LogP contribution in [0.15, 0.2) is 18.2 Å². The number of nitrogens with two attached hydrogens (primary N) is 1. The van der Waals surface area contributed by atoms with Gasteiger partial charge in [-0.1, -0.05) is 38.3 Å². The van der Waals surface area contributed by atoms with Gasteiger partial charge in [-0.05, 0) is 12.5 Å². The summed E-state index contributed by atoms with van der Waals surface area (Å²) in [4.78, 5) is 0. The topological polar surface area (TPSA) is 44.5 Å². The molecule has 0 saturated heterocycles. The van der Waals surface area contributed by atoms with Crippen LogP contribution < -0.4 is 15.2 Å². The number of rotatable bonds is 8. The summed E-state index contributed by atoms with van der Waals surface area (Å²) in [6, 6.07) is 5.81. The number of para-hydroxylation sites is 1. The molecule has 0 aliphatic heterocycles. The predicted octanol–water partition coefficient (Wildman–Crippen LogP) is 3.11. The minimum Gasteiger partial charge on any atom is -0.493 e. The number of ether oxygens (including phenoxy) is 2. The lowest BCUT2D eigenvalue weighted by atomic mass is 10.2. The molecule has 1 aromatic carbocycles. The Hall–Kier alpha value is -1.22. The van der Waals surface area contributed by atoms with E-state index in [2.05, 4.69) is 6.92 Å². The zero-order valence-electron chi connectivity index (χ0n) is 10.9. The van der Waals surface area contributed by atoms with Crippen molar-refractivity contribution >= 4 is 0 Å². The third-order valence-corrected chi connectivity index (χ3v) is 2.74. The van der Waals surface area contributed by atoms with E-state index in [1.165, 1.54) is 19.3 Å². The Balaban J connectivity index is 2.55. The van der Waals surface area contributed by atoms with E-state index in [-0.39, 0.29) is 0 Å². The van der Waals surface area contributed by atoms with E-state index < -0.39 is 0 Å². The SMILES string of the molecule is CCCCCCOc1c(CN)cccc1OC. The van der Waals surface area contributed by atoms with Gasteiger partial charge in [0.05, 0.1) is 13.7 Å². The second-order valence-electron chi connectivity index (χ2n) is 4.06. The second kappa shape index (κ2) is 7.96. The summed E-state index contributed by atoms with van der Waals surface area (Å²) < 4.78 is 11.1. The molecule has 0 bridgehead atoms. The molecule has 1 rings (SSSR count). The van der Waals surface area contributed by atoms with E-state index in [1.54, 1.807) is 7.11 Å². The van der Waals surface area contributed by atoms with Gasteiger partial charge in [0.25, 0.3) is 0 Å². The normalized spacial score (nSPS) is 10.3. The highest BCUT2D eigenvalue weighted by Gasteiger charge is 2.08. The van der Waals surface area contributed by atoms with Crippen molar-refractivity contribution in [1.82, 2.24) is 0 Å². The van der Waals surface area contributed by atoms with E-state index in [0.717, 1.165) is 30.1 Å². The van der Waals surface area contributed by atoms with Gasteiger partial charge in [-0.25, -0.2) is 0 Å². The number of hydrogen-bond acceptors (Lipinski definition) is 3. The number of hydrogen-bond donors (Lipinski definition) is 1. The maximum atomic E-state index is 5.79. The first-order valence-corrected chi connectivity index (χ1v) is 6.32. The van der Waals surface area contributed by atoms with Gasteiger partial charge in [0.1, 0.15) is 0 Å². The lowest BCUT2D eigenvalue weighted by molar-refractivity contribution is 0.282. The van der Waals surface area contributed by atoms with Gasteiger partial charge in [-0.3, -0.25) is 0 Å². The van der Waals surface area contributed by atoms with E-state index in [1.807, 2.05) is 18.2 Å². The number of benzene rings is 1. The summed E-state index contributed by atoms with van der Waals surface area (Å²) in [6.45, 7) is 3.41. The zero-order valence-corrected chi connectivity index (χ0v) is 10.9. The van der Waals surface area contributed by atoms with E-state index >= 15 is 0 Å². The minimum atomic E-state index is 0.474. The molecule has 0 heterocycles. The Morgan fingerprint density at radius 3 is 2.65 bits per heavy atom. The standard InChI is InChI=1S/C14H23NO2/c1-3-4-5-6-10-17-14-12(11-15)8-7-9-13(14)16-2/h7-9H,3-6,10-11,15H2,1-2H3. The summed E-state index contributed by atoms with van der Waals surface area (Å²) in [5.41, 5.74) is 6.69. The van der Waals surface area contributed by atoms with Gasteiger partial charge in [0, 0.05) is 12.1 Å². The van der Waals surface area contributed by atoms with Crippen molar-refractivity contribution in [1.29, 1.82) is 0 Å². The van der Waals surface area contributed by atoms with E-state index in [4.69, 9.17) is 15.2 Å². The second-order valence-corrected chi connectivity index (χ2v) is 4.06. The molecule has 0 unspecified atom stereocenters. The third kappa shape index (κ3) is 4.27. The van der Waals surface area contributed by atoms with Gasteiger partial charge in [-0.2, -0.15) is 0 Å². The molecule has 0 aliphatic rings. The largest absolute Gasteiger partial charge is 0.493 e. The van der Waals surface area contributed by atoms with Gasteiger partial charge in [0.2, 0.25) is 0 Å². The fourth-order valence-electron chi connectivity index (χ4n) is 1.75. The molecule has 0 atom stereocenters. The summed E-state index contributed by atoms with van der Waals surface area (Å²) in [5.74, 6) is 1.57. The molecule has 0 spiro atoms. The molecular formula is C14H23NO2.